The molecule has 0 spiro atoms. The molecule has 2 aromatic rings. The number of anilines is 1. The van der Waals surface area contributed by atoms with E-state index in [0.29, 0.717) is 17.8 Å². The fourth-order valence-electron chi connectivity index (χ4n) is 3.14. The van der Waals surface area contributed by atoms with Crippen LogP contribution in [0.5, 0.6) is 17.2 Å². The fourth-order valence-corrected chi connectivity index (χ4v) is 3.46. The van der Waals surface area contributed by atoms with Crippen LogP contribution >= 0.6 is 12.2 Å². The summed E-state index contributed by atoms with van der Waals surface area (Å²) in [6.45, 7) is 2.53. The Hall–Kier alpha value is -2.47. The van der Waals surface area contributed by atoms with E-state index in [1.807, 2.05) is 55.5 Å². The molecule has 0 radical (unpaired) electrons. The molecule has 2 N–H and O–H groups in total. The Kier molecular flexibility index (Phi) is 7.37. The quantitative estimate of drug-likeness (QED) is 0.623. The van der Waals surface area contributed by atoms with Crippen molar-refractivity contribution in [3.8, 4) is 17.2 Å². The minimum absolute atomic E-state index is 0.0621. The summed E-state index contributed by atoms with van der Waals surface area (Å²) in [6, 6.07) is 15.5. The average Bonchev–Trinajstić information content (AvgIpc) is 3.21. The maximum atomic E-state index is 5.99. The maximum Gasteiger partial charge on any atom is 0.171 e. The second kappa shape index (κ2) is 10.2. The molecule has 1 atom stereocenters. The number of methoxy groups -OCH3 is 1. The van der Waals surface area contributed by atoms with Crippen molar-refractivity contribution in [1.29, 1.82) is 0 Å². The molecule has 5 nitrogen and oxygen atoms in total. The molecule has 0 bridgehead atoms. The first kappa shape index (κ1) is 20.3. The highest BCUT2D eigenvalue weighted by molar-refractivity contribution is 7.80. The van der Waals surface area contributed by atoms with Crippen molar-refractivity contribution in [2.75, 3.05) is 19.0 Å². The number of nitrogens with one attached hydrogen (secondary N) is 2. The van der Waals surface area contributed by atoms with Gasteiger partial charge in [-0.15, -0.1) is 0 Å². The Morgan fingerprint density at radius 3 is 2.25 bits per heavy atom. The predicted octanol–water partition coefficient (Wildman–Crippen LogP) is 4.77. The SMILES string of the molecule is COc1ccc(OC[C@@H](C)NC(=S)Nc2ccc(OC3CCCC3)cc2)cc1. The summed E-state index contributed by atoms with van der Waals surface area (Å²) >= 11 is 5.40. The van der Waals surface area contributed by atoms with Gasteiger partial charge < -0.3 is 24.8 Å². The normalized spacial score (nSPS) is 14.9. The number of rotatable bonds is 8. The molecule has 150 valence electrons. The van der Waals surface area contributed by atoms with Gasteiger partial charge in [0.15, 0.2) is 5.11 Å². The van der Waals surface area contributed by atoms with Gasteiger partial charge in [-0.25, -0.2) is 0 Å². The van der Waals surface area contributed by atoms with Crippen molar-refractivity contribution in [2.45, 2.75) is 44.8 Å². The molecule has 1 aliphatic carbocycles. The summed E-state index contributed by atoms with van der Waals surface area (Å²) in [7, 11) is 1.64. The lowest BCUT2D eigenvalue weighted by atomic mass is 10.2. The van der Waals surface area contributed by atoms with E-state index in [-0.39, 0.29) is 6.04 Å². The summed E-state index contributed by atoms with van der Waals surface area (Å²) in [5.41, 5.74) is 0.930. The zero-order valence-corrected chi connectivity index (χ0v) is 17.3. The van der Waals surface area contributed by atoms with Gasteiger partial charge in [0.25, 0.3) is 0 Å². The molecule has 0 unspecified atom stereocenters. The van der Waals surface area contributed by atoms with E-state index in [1.165, 1.54) is 12.8 Å². The predicted molar refractivity (Wildman–Crippen MR) is 117 cm³/mol. The second-order valence-electron chi connectivity index (χ2n) is 7.03. The van der Waals surface area contributed by atoms with Crippen molar-refractivity contribution >= 4 is 23.0 Å². The Balaban J connectivity index is 1.39. The molecule has 0 aromatic heterocycles. The number of hydrogen-bond donors (Lipinski definition) is 2. The van der Waals surface area contributed by atoms with Crippen molar-refractivity contribution in [2.24, 2.45) is 0 Å². The standard InChI is InChI=1S/C22H28N2O3S/c1-16(15-26-19-13-11-18(25-2)12-14-19)23-22(28)24-17-7-9-21(10-8-17)27-20-5-3-4-6-20/h7-14,16,20H,3-6,15H2,1-2H3,(H2,23,24,28)/t16-/m1/s1. The first-order chi connectivity index (χ1) is 13.6. The van der Waals surface area contributed by atoms with Gasteiger partial charge in [-0.1, -0.05) is 0 Å². The monoisotopic (exact) mass is 400 g/mol. The van der Waals surface area contributed by atoms with Crippen LogP contribution in [-0.2, 0) is 0 Å². The highest BCUT2D eigenvalue weighted by Gasteiger charge is 2.16. The zero-order chi connectivity index (χ0) is 19.8. The molecule has 1 fully saturated rings. The Bertz CT molecular complexity index is 743. The van der Waals surface area contributed by atoms with Gasteiger partial charge in [0, 0.05) is 5.69 Å². The van der Waals surface area contributed by atoms with Crippen LogP contribution in [0.1, 0.15) is 32.6 Å². The first-order valence-electron chi connectivity index (χ1n) is 9.73. The summed E-state index contributed by atoms with van der Waals surface area (Å²) in [6.07, 6.45) is 5.22. The van der Waals surface area contributed by atoms with E-state index in [9.17, 15) is 0 Å². The molecule has 0 heterocycles. The summed E-state index contributed by atoms with van der Waals surface area (Å²) < 4.78 is 16.9. The Morgan fingerprint density at radius 1 is 1.00 bits per heavy atom. The third-order valence-corrected chi connectivity index (χ3v) is 4.87. The van der Waals surface area contributed by atoms with Crippen LogP contribution in [0.15, 0.2) is 48.5 Å². The zero-order valence-electron chi connectivity index (χ0n) is 16.4. The molecular formula is C22H28N2O3S. The van der Waals surface area contributed by atoms with Gasteiger partial charge in [-0.05, 0) is 93.4 Å². The van der Waals surface area contributed by atoms with Crippen molar-refractivity contribution in [1.82, 2.24) is 5.32 Å². The van der Waals surface area contributed by atoms with Gasteiger partial charge in [-0.3, -0.25) is 0 Å². The Morgan fingerprint density at radius 2 is 1.61 bits per heavy atom. The van der Waals surface area contributed by atoms with Crippen LogP contribution in [0.25, 0.3) is 0 Å². The number of hydrogen-bond acceptors (Lipinski definition) is 4. The van der Waals surface area contributed by atoms with E-state index in [4.69, 9.17) is 26.4 Å². The molecule has 2 aromatic carbocycles. The maximum absolute atomic E-state index is 5.99. The van der Waals surface area contributed by atoms with Crippen molar-refractivity contribution in [3.05, 3.63) is 48.5 Å². The largest absolute Gasteiger partial charge is 0.497 e. The molecule has 1 aliphatic rings. The van der Waals surface area contributed by atoms with E-state index >= 15 is 0 Å². The molecule has 0 aliphatic heterocycles. The highest BCUT2D eigenvalue weighted by Crippen LogP contribution is 2.25. The van der Waals surface area contributed by atoms with E-state index in [2.05, 4.69) is 10.6 Å². The lowest BCUT2D eigenvalue weighted by Gasteiger charge is -2.18. The summed E-state index contributed by atoms with van der Waals surface area (Å²) in [5.74, 6) is 2.52. The summed E-state index contributed by atoms with van der Waals surface area (Å²) in [5, 5.41) is 7.00. The van der Waals surface area contributed by atoms with Crippen LogP contribution in [0.3, 0.4) is 0 Å². The molecule has 1 saturated carbocycles. The van der Waals surface area contributed by atoms with E-state index in [1.54, 1.807) is 7.11 Å². The van der Waals surface area contributed by atoms with E-state index < -0.39 is 0 Å². The van der Waals surface area contributed by atoms with Crippen LogP contribution < -0.4 is 24.8 Å². The molecule has 6 heteroatoms. The van der Waals surface area contributed by atoms with Crippen LogP contribution in [0, 0.1) is 0 Å². The van der Waals surface area contributed by atoms with E-state index in [0.717, 1.165) is 35.8 Å². The van der Waals surface area contributed by atoms with Gasteiger partial charge in [0.05, 0.1) is 19.3 Å². The molecule has 0 saturated heterocycles. The highest BCUT2D eigenvalue weighted by atomic mass is 32.1. The average molecular weight is 401 g/mol. The third-order valence-electron chi connectivity index (χ3n) is 4.65. The fraction of sp³-hybridized carbons (Fsp3) is 0.409. The van der Waals surface area contributed by atoms with Crippen molar-refractivity contribution in [3.63, 3.8) is 0 Å². The molecule has 28 heavy (non-hydrogen) atoms. The number of benzene rings is 2. The topological polar surface area (TPSA) is 51.8 Å². The lowest BCUT2D eigenvalue weighted by molar-refractivity contribution is 0.210. The minimum atomic E-state index is 0.0621. The number of ether oxygens (including phenoxy) is 3. The van der Waals surface area contributed by atoms with Crippen LogP contribution in [0.4, 0.5) is 5.69 Å². The molecule has 0 amide bonds. The first-order valence-corrected chi connectivity index (χ1v) is 10.1. The summed E-state index contributed by atoms with van der Waals surface area (Å²) in [4.78, 5) is 0. The minimum Gasteiger partial charge on any atom is -0.497 e. The van der Waals surface area contributed by atoms with Gasteiger partial charge >= 0.3 is 0 Å². The van der Waals surface area contributed by atoms with Crippen molar-refractivity contribution < 1.29 is 14.2 Å². The van der Waals surface area contributed by atoms with Gasteiger partial charge in [0.1, 0.15) is 23.9 Å². The molecule has 3 rings (SSSR count). The third kappa shape index (κ3) is 6.30. The van der Waals surface area contributed by atoms with Crippen LogP contribution in [-0.4, -0.2) is 31.0 Å². The van der Waals surface area contributed by atoms with Crippen LogP contribution in [0.2, 0.25) is 0 Å². The van der Waals surface area contributed by atoms with Gasteiger partial charge in [-0.2, -0.15) is 0 Å². The Labute approximate surface area is 172 Å². The van der Waals surface area contributed by atoms with Gasteiger partial charge in [0.2, 0.25) is 0 Å². The smallest absolute Gasteiger partial charge is 0.171 e. The second-order valence-corrected chi connectivity index (χ2v) is 7.44. The molecular weight excluding hydrogens is 372 g/mol. The lowest BCUT2D eigenvalue weighted by Crippen LogP contribution is -2.39. The number of thiocarbonyl (C=S) groups is 1.